The van der Waals surface area contributed by atoms with Crippen LogP contribution in [0.5, 0.6) is 0 Å². The average molecular weight is 479 g/mol. The average Bonchev–Trinajstić information content (AvgIpc) is 2.46. The van der Waals surface area contributed by atoms with Crippen LogP contribution < -0.4 is 10.2 Å². The number of carboxylic acids is 2. The SMILES string of the molecule is CSC(C)(SC)C(=O)[O-].CSC(C)(SC)C(=O)[O-].[CH3][Sn+2][CH3]. The van der Waals surface area contributed by atoms with Crippen LogP contribution in [0.15, 0.2) is 0 Å². The molecule has 9 heteroatoms. The van der Waals surface area contributed by atoms with Crippen molar-refractivity contribution in [2.75, 3.05) is 25.0 Å². The van der Waals surface area contributed by atoms with Gasteiger partial charge in [-0.15, -0.1) is 47.0 Å². The van der Waals surface area contributed by atoms with Crippen molar-refractivity contribution < 1.29 is 19.8 Å². The van der Waals surface area contributed by atoms with Crippen LogP contribution in [0.25, 0.3) is 0 Å². The van der Waals surface area contributed by atoms with Gasteiger partial charge in [0.1, 0.15) is 0 Å². The Kier molecular flexibility index (Phi) is 18.9. The van der Waals surface area contributed by atoms with Gasteiger partial charge in [-0.25, -0.2) is 0 Å². The Morgan fingerprint density at radius 2 is 0.905 bits per heavy atom. The summed E-state index contributed by atoms with van der Waals surface area (Å²) in [4.78, 5) is 25.3. The second-order valence-electron chi connectivity index (χ2n) is 3.78. The molecule has 0 aliphatic carbocycles. The van der Waals surface area contributed by atoms with Crippen molar-refractivity contribution in [3.8, 4) is 0 Å². The van der Waals surface area contributed by atoms with Gasteiger partial charge in [-0.3, -0.25) is 0 Å². The summed E-state index contributed by atoms with van der Waals surface area (Å²) in [5, 5.41) is 20.7. The van der Waals surface area contributed by atoms with E-state index in [1.165, 1.54) is 47.0 Å². The van der Waals surface area contributed by atoms with Crippen molar-refractivity contribution in [2.45, 2.75) is 31.9 Å². The van der Waals surface area contributed by atoms with E-state index in [0.29, 0.717) is 0 Å². The van der Waals surface area contributed by atoms with E-state index in [1.807, 2.05) is 0 Å². The first-order chi connectivity index (χ1) is 9.54. The standard InChI is InChI=1S/2C5H10O2S2.2CH3.Sn/c2*1-5(8-2,9-3)4(6)7;;;/h2*1-3H3,(H,6,7);2*1H3;/q;;;;+2/p-2. The summed E-state index contributed by atoms with van der Waals surface area (Å²) in [6.07, 6.45) is 7.02. The molecule has 0 aromatic carbocycles. The molecule has 124 valence electrons. The van der Waals surface area contributed by atoms with E-state index in [9.17, 15) is 19.8 Å². The number of carbonyl (C=O) groups excluding carboxylic acids is 2. The first kappa shape index (κ1) is 27.0. The molecule has 21 heavy (non-hydrogen) atoms. The molecule has 0 aromatic heterocycles. The van der Waals surface area contributed by atoms with Gasteiger partial charge in [-0.1, -0.05) is 0 Å². The third-order valence-electron chi connectivity index (χ3n) is 2.30. The number of thioether (sulfide) groups is 4. The predicted molar refractivity (Wildman–Crippen MR) is 98.4 cm³/mol. The van der Waals surface area contributed by atoms with Gasteiger partial charge >= 0.3 is 31.0 Å². The number of carbonyl (C=O) groups is 2. The normalized spacial score (nSPS) is 10.3. The van der Waals surface area contributed by atoms with Gasteiger partial charge in [0.2, 0.25) is 0 Å². The van der Waals surface area contributed by atoms with Crippen LogP contribution in [0, 0.1) is 0 Å². The molecule has 0 saturated heterocycles. The van der Waals surface area contributed by atoms with E-state index in [0.717, 1.165) is 0 Å². The molecule has 0 spiro atoms. The molecule has 4 nitrogen and oxygen atoms in total. The number of hydrogen-bond acceptors (Lipinski definition) is 8. The van der Waals surface area contributed by atoms with Gasteiger partial charge in [-0.2, -0.15) is 0 Å². The Hall–Kier alpha value is 1.14. The molecule has 0 aromatic rings. The van der Waals surface area contributed by atoms with Crippen LogP contribution in [0.3, 0.4) is 0 Å². The summed E-state index contributed by atoms with van der Waals surface area (Å²) in [5.74, 6) is -2.02. The molecule has 0 aliphatic rings. The summed E-state index contributed by atoms with van der Waals surface area (Å²) < 4.78 is -1.56. The van der Waals surface area contributed by atoms with Gasteiger partial charge in [0.15, 0.2) is 0 Å². The Morgan fingerprint density at radius 1 is 0.762 bits per heavy atom. The topological polar surface area (TPSA) is 80.3 Å². The minimum atomic E-state index is -1.01. The first-order valence-corrected chi connectivity index (χ1v) is 16.4. The van der Waals surface area contributed by atoms with Gasteiger partial charge in [0.25, 0.3) is 0 Å². The zero-order chi connectivity index (χ0) is 17.7. The summed E-state index contributed by atoms with van der Waals surface area (Å²) in [6, 6.07) is 0. The molecule has 0 aliphatic heterocycles. The van der Waals surface area contributed by atoms with Gasteiger partial charge in [0.05, 0.1) is 20.1 Å². The molecule has 0 N–H and O–H groups in total. The fraction of sp³-hybridized carbons (Fsp3) is 0.833. The Balaban J connectivity index is -0.000000260. The molecule has 0 saturated carbocycles. The third-order valence-corrected chi connectivity index (χ3v) is 8.08. The Bertz CT molecular complexity index is 267. The van der Waals surface area contributed by atoms with Crippen LogP contribution in [-0.4, -0.2) is 66.3 Å². The van der Waals surface area contributed by atoms with E-state index in [-0.39, 0.29) is 21.1 Å². The van der Waals surface area contributed by atoms with Crippen LogP contribution in [0.1, 0.15) is 13.8 Å². The quantitative estimate of drug-likeness (QED) is 0.415. The second-order valence-corrected chi connectivity index (χ2v) is 12.1. The second kappa shape index (κ2) is 14.7. The van der Waals surface area contributed by atoms with Crippen molar-refractivity contribution in [1.29, 1.82) is 0 Å². The third kappa shape index (κ3) is 12.3. The van der Waals surface area contributed by atoms with E-state index in [4.69, 9.17) is 0 Å². The summed E-state index contributed by atoms with van der Waals surface area (Å²) in [5.41, 5.74) is 0. The van der Waals surface area contributed by atoms with E-state index in [2.05, 4.69) is 9.88 Å². The molecule has 0 atom stereocenters. The van der Waals surface area contributed by atoms with Crippen LogP contribution in [0.2, 0.25) is 9.88 Å². The van der Waals surface area contributed by atoms with Crippen molar-refractivity contribution in [3.05, 3.63) is 0 Å². The summed E-state index contributed by atoms with van der Waals surface area (Å²) in [7, 11) is 0. The Morgan fingerprint density at radius 3 is 0.905 bits per heavy atom. The summed E-state index contributed by atoms with van der Waals surface area (Å²) >= 11 is 5.36. The molecule has 0 amide bonds. The van der Waals surface area contributed by atoms with E-state index in [1.54, 1.807) is 38.9 Å². The first-order valence-electron chi connectivity index (χ1n) is 5.77. The fourth-order valence-corrected chi connectivity index (χ4v) is 2.50. The molecule has 0 unspecified atom stereocenters. The molecule has 0 bridgehead atoms. The van der Waals surface area contributed by atoms with Crippen molar-refractivity contribution in [1.82, 2.24) is 0 Å². The monoisotopic (exact) mass is 480 g/mol. The number of hydrogen-bond donors (Lipinski definition) is 0. The summed E-state index contributed by atoms with van der Waals surface area (Å²) in [6.45, 7) is 3.27. The van der Waals surface area contributed by atoms with E-state index >= 15 is 0 Å². The van der Waals surface area contributed by atoms with Crippen molar-refractivity contribution in [3.63, 3.8) is 0 Å². The maximum atomic E-state index is 10.3. The molecular weight excluding hydrogens is 455 g/mol. The molecular formula is C12H24O4S4Sn. The van der Waals surface area contributed by atoms with Gasteiger partial charge in [0, 0.05) is 0 Å². The van der Waals surface area contributed by atoms with Gasteiger partial charge in [-0.05, 0) is 38.9 Å². The zero-order valence-corrected chi connectivity index (χ0v) is 19.9. The van der Waals surface area contributed by atoms with Crippen molar-refractivity contribution >= 4 is 80.1 Å². The Labute approximate surface area is 156 Å². The number of rotatable bonds is 6. The van der Waals surface area contributed by atoms with Crippen LogP contribution >= 0.6 is 47.0 Å². The van der Waals surface area contributed by atoms with Crippen molar-refractivity contribution in [2.24, 2.45) is 0 Å². The van der Waals surface area contributed by atoms with Crippen LogP contribution in [0.4, 0.5) is 0 Å². The number of aliphatic carboxylic acids is 2. The predicted octanol–water partition coefficient (Wildman–Crippen LogP) is 1.14. The zero-order valence-electron chi connectivity index (χ0n) is 13.8. The van der Waals surface area contributed by atoms with Crippen LogP contribution in [-0.2, 0) is 9.59 Å². The van der Waals surface area contributed by atoms with E-state index < -0.39 is 20.1 Å². The molecule has 0 fully saturated rings. The molecule has 0 heterocycles. The maximum absolute atomic E-state index is 10.3. The minimum absolute atomic E-state index is 0.230. The molecule has 0 radical (unpaired) electrons. The molecule has 0 rings (SSSR count). The van der Waals surface area contributed by atoms with Gasteiger partial charge < -0.3 is 19.8 Å². The fourth-order valence-electron chi connectivity index (χ4n) is 0.500. The number of carboxylic acid groups (broad SMARTS) is 2.